The molecular weight excluding hydrogens is 498 g/mol. The van der Waals surface area contributed by atoms with Gasteiger partial charge in [-0.25, -0.2) is 0 Å². The summed E-state index contributed by atoms with van der Waals surface area (Å²) in [6, 6.07) is 13.3. The molecule has 0 amide bonds. The van der Waals surface area contributed by atoms with Crippen molar-refractivity contribution in [2.75, 3.05) is 40.6 Å². The minimum absolute atomic E-state index is 0.0318. The van der Waals surface area contributed by atoms with E-state index in [1.165, 1.54) is 0 Å². The van der Waals surface area contributed by atoms with Crippen LogP contribution in [0.15, 0.2) is 58.7 Å². The van der Waals surface area contributed by atoms with Crippen molar-refractivity contribution in [3.8, 4) is 17.2 Å². The maximum Gasteiger partial charge on any atom is 0.315 e. The van der Waals surface area contributed by atoms with Gasteiger partial charge in [0.15, 0.2) is 17.3 Å². The van der Waals surface area contributed by atoms with Crippen molar-refractivity contribution >= 4 is 17.5 Å². The summed E-state index contributed by atoms with van der Waals surface area (Å²) in [5.74, 6) is 0.0622. The van der Waals surface area contributed by atoms with Gasteiger partial charge in [0.25, 0.3) is 0 Å². The molecule has 2 aliphatic rings. The maximum atomic E-state index is 13.9. The van der Waals surface area contributed by atoms with Gasteiger partial charge in [-0.15, -0.1) is 0 Å². The molecule has 0 fully saturated rings. The zero-order valence-electron chi connectivity index (χ0n) is 23.3. The van der Waals surface area contributed by atoms with Gasteiger partial charge in [0.1, 0.15) is 18.3 Å². The lowest BCUT2D eigenvalue weighted by molar-refractivity contribution is -0.148. The van der Waals surface area contributed by atoms with E-state index in [9.17, 15) is 9.59 Å². The summed E-state index contributed by atoms with van der Waals surface area (Å²) in [5.41, 5.74) is 3.65. The lowest BCUT2D eigenvalue weighted by Crippen LogP contribution is -2.38. The van der Waals surface area contributed by atoms with Gasteiger partial charge in [-0.2, -0.15) is 0 Å². The lowest BCUT2D eigenvalue weighted by Gasteiger charge is -2.37. The highest BCUT2D eigenvalue weighted by atomic mass is 16.6. The largest absolute Gasteiger partial charge is 0.494 e. The van der Waals surface area contributed by atoms with Crippen LogP contribution in [0.5, 0.6) is 17.2 Å². The third kappa shape index (κ3) is 6.01. The molecule has 208 valence electrons. The van der Waals surface area contributed by atoms with E-state index in [1.807, 2.05) is 63.2 Å². The number of Topliss-reactive ketones (excluding diaryl/α,β-unsaturated/α-hetero) is 1. The van der Waals surface area contributed by atoms with E-state index in [0.717, 1.165) is 11.1 Å². The molecule has 1 aliphatic heterocycles. The van der Waals surface area contributed by atoms with Crippen molar-refractivity contribution in [3.05, 3.63) is 64.9 Å². The van der Waals surface area contributed by atoms with Gasteiger partial charge in [-0.05, 0) is 56.9 Å². The number of benzene rings is 2. The van der Waals surface area contributed by atoms with Gasteiger partial charge in [0.05, 0.1) is 27.4 Å². The summed E-state index contributed by atoms with van der Waals surface area (Å²) in [6.07, 6.45) is 0.857. The number of carbonyl (C=O) groups is 2. The third-order valence-corrected chi connectivity index (χ3v) is 7.25. The number of allylic oxidation sites excluding steroid dienone is 2. The highest BCUT2D eigenvalue weighted by molar-refractivity contribution is 6.09. The average molecular weight is 536 g/mol. The van der Waals surface area contributed by atoms with Crippen LogP contribution in [0.4, 0.5) is 0 Å². The number of hydrogen-bond acceptors (Lipinski definition) is 8. The quantitative estimate of drug-likeness (QED) is 0.286. The number of para-hydroxylation sites is 1. The van der Waals surface area contributed by atoms with Crippen LogP contribution in [0.25, 0.3) is 0 Å². The summed E-state index contributed by atoms with van der Waals surface area (Å²) < 4.78 is 27.8. The maximum absolute atomic E-state index is 13.9. The van der Waals surface area contributed by atoms with Gasteiger partial charge in [-0.1, -0.05) is 24.3 Å². The highest BCUT2D eigenvalue weighted by Gasteiger charge is 2.45. The van der Waals surface area contributed by atoms with E-state index in [2.05, 4.69) is 0 Å². The first-order valence-electron chi connectivity index (χ1n) is 13.4. The highest BCUT2D eigenvalue weighted by Crippen LogP contribution is 2.49. The van der Waals surface area contributed by atoms with Crippen LogP contribution in [0.1, 0.15) is 56.6 Å². The summed E-state index contributed by atoms with van der Waals surface area (Å²) in [6.45, 7) is 7.08. The van der Waals surface area contributed by atoms with Gasteiger partial charge < -0.3 is 23.7 Å². The molecule has 0 bridgehead atoms. The molecule has 2 aromatic carbocycles. The number of rotatable bonds is 11. The minimum Gasteiger partial charge on any atom is -0.494 e. The van der Waals surface area contributed by atoms with Crippen molar-refractivity contribution in [3.63, 3.8) is 0 Å². The molecule has 8 nitrogen and oxygen atoms in total. The Morgan fingerprint density at radius 2 is 1.72 bits per heavy atom. The molecule has 0 saturated carbocycles. The molecule has 0 radical (unpaired) electrons. The lowest BCUT2D eigenvalue weighted by atomic mass is 9.69. The fourth-order valence-corrected chi connectivity index (χ4v) is 5.50. The van der Waals surface area contributed by atoms with Crippen LogP contribution >= 0.6 is 0 Å². The molecule has 3 atom stereocenters. The van der Waals surface area contributed by atoms with Crippen LogP contribution in [0, 0.1) is 5.92 Å². The fourth-order valence-electron chi connectivity index (χ4n) is 5.50. The average Bonchev–Trinajstić information content (AvgIpc) is 2.94. The van der Waals surface area contributed by atoms with Crippen LogP contribution in [-0.4, -0.2) is 58.1 Å². The number of nitrogens with zero attached hydrogens (tertiary/aromatic N) is 1. The molecule has 1 unspecified atom stereocenters. The Hall–Kier alpha value is -3.65. The van der Waals surface area contributed by atoms with Crippen LogP contribution in [-0.2, 0) is 19.1 Å². The third-order valence-electron chi connectivity index (χ3n) is 7.25. The van der Waals surface area contributed by atoms with E-state index in [1.54, 1.807) is 14.2 Å². The number of esters is 1. The minimum atomic E-state index is -0.742. The Bertz CT molecular complexity index is 1270. The van der Waals surface area contributed by atoms with Crippen LogP contribution < -0.4 is 14.2 Å². The predicted molar refractivity (Wildman–Crippen MR) is 148 cm³/mol. The van der Waals surface area contributed by atoms with Crippen molar-refractivity contribution in [1.82, 2.24) is 0 Å². The van der Waals surface area contributed by atoms with E-state index < -0.39 is 17.8 Å². The SMILES string of the molecule is CCOCCOC(=O)C1C(C)=NC2=C(C(=O)C[C@@H](c3ccc(OC)c(OC)c3)C2)[C@@H]1c1ccccc1OCC. The van der Waals surface area contributed by atoms with E-state index in [-0.39, 0.29) is 18.3 Å². The van der Waals surface area contributed by atoms with E-state index in [4.69, 9.17) is 28.7 Å². The zero-order valence-corrected chi connectivity index (χ0v) is 23.3. The van der Waals surface area contributed by atoms with Gasteiger partial charge in [0.2, 0.25) is 0 Å². The number of aliphatic imine (C=N–C) groups is 1. The molecule has 39 heavy (non-hydrogen) atoms. The number of hydrogen-bond donors (Lipinski definition) is 0. The van der Waals surface area contributed by atoms with Crippen molar-refractivity contribution in [2.24, 2.45) is 10.9 Å². The monoisotopic (exact) mass is 535 g/mol. The number of methoxy groups -OCH3 is 2. The smallest absolute Gasteiger partial charge is 0.315 e. The van der Waals surface area contributed by atoms with Crippen molar-refractivity contribution < 1.29 is 33.3 Å². The molecule has 0 aromatic heterocycles. The van der Waals surface area contributed by atoms with Crippen molar-refractivity contribution in [2.45, 2.75) is 45.4 Å². The second kappa shape index (κ2) is 12.9. The van der Waals surface area contributed by atoms with Crippen molar-refractivity contribution in [1.29, 1.82) is 0 Å². The first-order valence-corrected chi connectivity index (χ1v) is 13.4. The Morgan fingerprint density at radius 3 is 2.44 bits per heavy atom. The zero-order chi connectivity index (χ0) is 27.9. The Kier molecular flexibility index (Phi) is 9.41. The number of carbonyl (C=O) groups excluding carboxylic acids is 2. The molecule has 0 spiro atoms. The van der Waals surface area contributed by atoms with E-state index in [0.29, 0.717) is 66.9 Å². The van der Waals surface area contributed by atoms with Crippen LogP contribution in [0.3, 0.4) is 0 Å². The Labute approximate surface area is 230 Å². The molecule has 1 aliphatic carbocycles. The second-order valence-corrected chi connectivity index (χ2v) is 9.55. The molecule has 0 saturated heterocycles. The summed E-state index contributed by atoms with van der Waals surface area (Å²) in [5, 5.41) is 0. The summed E-state index contributed by atoms with van der Waals surface area (Å²) in [7, 11) is 3.19. The summed E-state index contributed by atoms with van der Waals surface area (Å²) >= 11 is 0. The number of ketones is 1. The second-order valence-electron chi connectivity index (χ2n) is 9.55. The normalized spacial score (nSPS) is 20.7. The first kappa shape index (κ1) is 28.4. The van der Waals surface area contributed by atoms with Gasteiger partial charge in [-0.3, -0.25) is 14.6 Å². The number of ether oxygens (including phenoxy) is 5. The predicted octanol–water partition coefficient (Wildman–Crippen LogP) is 5.26. The fraction of sp³-hybridized carbons (Fsp3) is 0.452. The molecule has 0 N–H and O–H groups in total. The van der Waals surface area contributed by atoms with Gasteiger partial charge in [0, 0.05) is 41.5 Å². The topological polar surface area (TPSA) is 92.7 Å². The summed E-state index contributed by atoms with van der Waals surface area (Å²) in [4.78, 5) is 32.2. The molecular formula is C31H37NO7. The first-order chi connectivity index (χ1) is 18.9. The molecule has 8 heteroatoms. The Morgan fingerprint density at radius 1 is 0.949 bits per heavy atom. The molecule has 1 heterocycles. The van der Waals surface area contributed by atoms with Gasteiger partial charge >= 0.3 is 5.97 Å². The Balaban J connectivity index is 1.75. The molecule has 4 rings (SSSR count). The standard InChI is InChI=1S/C31H37NO7/c1-6-37-14-15-39-31(34)28-19(3)32-23-16-21(20-12-13-26(35-4)27(18-20)36-5)17-24(33)30(23)29(28)22-10-8-9-11-25(22)38-7-2/h8-13,18,21,28-29H,6-7,14-17H2,1-5H3/t21-,28?,29+/m0/s1. The van der Waals surface area contributed by atoms with Crippen LogP contribution in [0.2, 0.25) is 0 Å². The molecule has 2 aromatic rings. The van der Waals surface area contributed by atoms with E-state index >= 15 is 0 Å².